The third kappa shape index (κ3) is 3.40. The molecule has 1 aliphatic heterocycles. The average molecular weight is 338 g/mol. The van der Waals surface area contributed by atoms with Crippen LogP contribution in [0.2, 0.25) is 5.02 Å². The Hall–Kier alpha value is -0.470. The second-order valence-corrected chi connectivity index (χ2v) is 7.70. The molecular formula is C12H16ClNO4S2. The fourth-order valence-corrected chi connectivity index (χ4v) is 5.15. The molecule has 1 aromatic rings. The summed E-state index contributed by atoms with van der Waals surface area (Å²) in [6.07, 6.45) is 0.805. The van der Waals surface area contributed by atoms with Crippen molar-refractivity contribution in [2.45, 2.75) is 24.0 Å². The van der Waals surface area contributed by atoms with E-state index in [-0.39, 0.29) is 28.3 Å². The van der Waals surface area contributed by atoms with Gasteiger partial charge in [0.1, 0.15) is 10.6 Å². The maximum absolute atomic E-state index is 12.4. The Morgan fingerprint density at radius 2 is 2.30 bits per heavy atom. The number of aliphatic hydroxyl groups excluding tert-OH is 1. The third-order valence-corrected chi connectivity index (χ3v) is 5.92. The van der Waals surface area contributed by atoms with Gasteiger partial charge in [-0.1, -0.05) is 11.6 Å². The molecule has 0 spiro atoms. The molecule has 2 rings (SSSR count). The van der Waals surface area contributed by atoms with Crippen molar-refractivity contribution in [1.29, 1.82) is 0 Å². The molecule has 1 aliphatic rings. The largest absolute Gasteiger partial charge is 0.495 e. The van der Waals surface area contributed by atoms with Crippen LogP contribution < -0.4 is 9.46 Å². The summed E-state index contributed by atoms with van der Waals surface area (Å²) in [4.78, 5) is -0.0338. The lowest BCUT2D eigenvalue weighted by atomic mass is 10.2. The number of sulfonamides is 1. The van der Waals surface area contributed by atoms with Gasteiger partial charge in [0.25, 0.3) is 0 Å². The van der Waals surface area contributed by atoms with E-state index in [9.17, 15) is 13.5 Å². The van der Waals surface area contributed by atoms with Gasteiger partial charge in [0.05, 0.1) is 13.7 Å². The van der Waals surface area contributed by atoms with Gasteiger partial charge < -0.3 is 9.84 Å². The molecule has 0 saturated carbocycles. The van der Waals surface area contributed by atoms with Crippen LogP contribution in [0.3, 0.4) is 0 Å². The molecule has 0 amide bonds. The predicted molar refractivity (Wildman–Crippen MR) is 80.0 cm³/mol. The maximum Gasteiger partial charge on any atom is 0.244 e. The second-order valence-electron chi connectivity index (χ2n) is 4.44. The molecule has 1 saturated heterocycles. The second kappa shape index (κ2) is 6.53. The number of benzene rings is 1. The van der Waals surface area contributed by atoms with Crippen molar-refractivity contribution in [2.24, 2.45) is 0 Å². The minimum absolute atomic E-state index is 0.0338. The Balaban J connectivity index is 2.41. The molecule has 112 valence electrons. The topological polar surface area (TPSA) is 75.6 Å². The smallest absolute Gasteiger partial charge is 0.244 e. The molecule has 8 heteroatoms. The average Bonchev–Trinajstić information content (AvgIpc) is 2.89. The minimum atomic E-state index is -3.73. The van der Waals surface area contributed by atoms with Crippen LogP contribution in [0.25, 0.3) is 0 Å². The molecule has 5 nitrogen and oxygen atoms in total. The quantitative estimate of drug-likeness (QED) is 0.854. The minimum Gasteiger partial charge on any atom is -0.495 e. The number of methoxy groups -OCH3 is 1. The maximum atomic E-state index is 12.4. The highest BCUT2D eigenvalue weighted by molar-refractivity contribution is 7.99. The zero-order valence-electron chi connectivity index (χ0n) is 10.9. The fourth-order valence-electron chi connectivity index (χ4n) is 2.08. The van der Waals surface area contributed by atoms with Crippen LogP contribution in [0.1, 0.15) is 12.0 Å². The first-order valence-corrected chi connectivity index (χ1v) is 9.07. The highest BCUT2D eigenvalue weighted by atomic mass is 35.5. The molecule has 2 N–H and O–H groups in total. The van der Waals surface area contributed by atoms with Crippen molar-refractivity contribution in [2.75, 3.05) is 18.6 Å². The molecule has 1 aromatic carbocycles. The standard InChI is InChI=1S/C12H16ClNO4S2/c1-18-12-8(6-15)4-9(13)5-11(12)20(16,17)14-10-2-3-19-7-10/h4-5,10,14-15H,2-3,6-7H2,1H3. The lowest BCUT2D eigenvalue weighted by Gasteiger charge is -2.16. The fraction of sp³-hybridized carbons (Fsp3) is 0.500. The summed E-state index contributed by atoms with van der Waals surface area (Å²) in [5.41, 5.74) is 0.348. The van der Waals surface area contributed by atoms with Crippen molar-refractivity contribution in [1.82, 2.24) is 4.72 Å². The molecule has 1 unspecified atom stereocenters. The SMILES string of the molecule is COc1c(CO)cc(Cl)cc1S(=O)(=O)NC1CCSC1. The lowest BCUT2D eigenvalue weighted by molar-refractivity contribution is 0.272. The molecule has 20 heavy (non-hydrogen) atoms. The van der Waals surface area contributed by atoms with Gasteiger partial charge in [0, 0.05) is 22.4 Å². The van der Waals surface area contributed by atoms with E-state index in [1.807, 2.05) is 0 Å². The number of hydrogen-bond donors (Lipinski definition) is 2. The van der Waals surface area contributed by atoms with Crippen LogP contribution in [0.4, 0.5) is 0 Å². The number of aliphatic hydroxyl groups is 1. The van der Waals surface area contributed by atoms with Crippen LogP contribution in [-0.4, -0.2) is 38.2 Å². The third-order valence-electron chi connectivity index (χ3n) is 3.01. The number of nitrogens with one attached hydrogen (secondary N) is 1. The Kier molecular flexibility index (Phi) is 5.19. The predicted octanol–water partition coefficient (Wildman–Crippen LogP) is 1.62. The van der Waals surface area contributed by atoms with Gasteiger partial charge >= 0.3 is 0 Å². The summed E-state index contributed by atoms with van der Waals surface area (Å²) >= 11 is 7.63. The summed E-state index contributed by atoms with van der Waals surface area (Å²) in [5.74, 6) is 1.84. The molecule has 1 atom stereocenters. The Bertz CT molecular complexity index is 585. The van der Waals surface area contributed by atoms with Crippen molar-refractivity contribution in [3.05, 3.63) is 22.7 Å². The van der Waals surface area contributed by atoms with Crippen molar-refractivity contribution in [3.8, 4) is 5.75 Å². The molecule has 1 fully saturated rings. The van der Waals surface area contributed by atoms with E-state index < -0.39 is 10.0 Å². The molecule has 0 aliphatic carbocycles. The van der Waals surface area contributed by atoms with Crippen LogP contribution in [-0.2, 0) is 16.6 Å². The lowest BCUT2D eigenvalue weighted by Crippen LogP contribution is -2.34. The van der Waals surface area contributed by atoms with Gasteiger partial charge in [-0.05, 0) is 24.3 Å². The molecule has 0 aromatic heterocycles. The summed E-state index contributed by atoms with van der Waals surface area (Å²) in [5, 5.41) is 9.54. The summed E-state index contributed by atoms with van der Waals surface area (Å²) in [6.45, 7) is -0.342. The number of halogens is 1. The van der Waals surface area contributed by atoms with Gasteiger partial charge in [-0.3, -0.25) is 0 Å². The Labute approximate surface area is 127 Å². The van der Waals surface area contributed by atoms with E-state index in [0.29, 0.717) is 5.56 Å². The van der Waals surface area contributed by atoms with E-state index >= 15 is 0 Å². The van der Waals surface area contributed by atoms with E-state index in [4.69, 9.17) is 16.3 Å². The number of ether oxygens (including phenoxy) is 1. The van der Waals surface area contributed by atoms with Crippen LogP contribution >= 0.6 is 23.4 Å². The number of thioether (sulfide) groups is 1. The number of hydrogen-bond acceptors (Lipinski definition) is 5. The van der Waals surface area contributed by atoms with E-state index in [2.05, 4.69) is 4.72 Å². The monoisotopic (exact) mass is 337 g/mol. The van der Waals surface area contributed by atoms with Crippen LogP contribution in [0.5, 0.6) is 5.75 Å². The van der Waals surface area contributed by atoms with E-state index in [1.54, 1.807) is 11.8 Å². The van der Waals surface area contributed by atoms with Crippen LogP contribution in [0, 0.1) is 0 Å². The molecular weight excluding hydrogens is 322 g/mol. The number of rotatable bonds is 5. The van der Waals surface area contributed by atoms with Crippen molar-refractivity contribution >= 4 is 33.4 Å². The van der Waals surface area contributed by atoms with Gasteiger partial charge in [0.15, 0.2) is 0 Å². The summed E-state index contributed by atoms with van der Waals surface area (Å²) < 4.78 is 32.7. The van der Waals surface area contributed by atoms with Crippen molar-refractivity contribution in [3.63, 3.8) is 0 Å². The van der Waals surface area contributed by atoms with E-state index in [1.165, 1.54) is 19.2 Å². The van der Waals surface area contributed by atoms with Gasteiger partial charge in [0.2, 0.25) is 10.0 Å². The molecule has 1 heterocycles. The normalized spacial score (nSPS) is 19.2. The first kappa shape index (κ1) is 15.9. The van der Waals surface area contributed by atoms with Gasteiger partial charge in [-0.2, -0.15) is 11.8 Å². The van der Waals surface area contributed by atoms with Crippen LogP contribution in [0.15, 0.2) is 17.0 Å². The zero-order chi connectivity index (χ0) is 14.8. The van der Waals surface area contributed by atoms with Crippen molar-refractivity contribution < 1.29 is 18.3 Å². The first-order chi connectivity index (χ1) is 9.47. The Morgan fingerprint density at radius 3 is 2.85 bits per heavy atom. The summed E-state index contributed by atoms with van der Waals surface area (Å²) in [6, 6.07) is 2.75. The zero-order valence-corrected chi connectivity index (χ0v) is 13.3. The molecule has 0 radical (unpaired) electrons. The Morgan fingerprint density at radius 1 is 1.55 bits per heavy atom. The molecule has 0 bridgehead atoms. The first-order valence-electron chi connectivity index (χ1n) is 6.05. The highest BCUT2D eigenvalue weighted by Gasteiger charge is 2.27. The highest BCUT2D eigenvalue weighted by Crippen LogP contribution is 2.32. The van der Waals surface area contributed by atoms with E-state index in [0.717, 1.165) is 17.9 Å². The van der Waals surface area contributed by atoms with Gasteiger partial charge in [-0.15, -0.1) is 0 Å². The summed E-state index contributed by atoms with van der Waals surface area (Å²) in [7, 11) is -2.36. The van der Waals surface area contributed by atoms with Gasteiger partial charge in [-0.25, -0.2) is 13.1 Å².